The topological polar surface area (TPSA) is 84.8 Å². The Bertz CT molecular complexity index is 1460. The molecule has 0 amide bonds. The van der Waals surface area contributed by atoms with Gasteiger partial charge in [-0.1, -0.05) is 121 Å². The van der Waals surface area contributed by atoms with Crippen molar-refractivity contribution in [2.75, 3.05) is 6.61 Å². The van der Waals surface area contributed by atoms with Gasteiger partial charge in [0.15, 0.2) is 12.6 Å². The zero-order valence-corrected chi connectivity index (χ0v) is 27.4. The Hall–Kier alpha value is -3.44. The number of ether oxygens (including phenoxy) is 7. The number of benzene rings is 4. The van der Waals surface area contributed by atoms with Gasteiger partial charge in [-0.05, 0) is 35.6 Å². The first-order valence-corrected chi connectivity index (χ1v) is 16.8. The van der Waals surface area contributed by atoms with E-state index in [-0.39, 0.29) is 25.4 Å². The first kappa shape index (κ1) is 34.4. The molecule has 8 unspecified atom stereocenters. The molecule has 0 radical (unpaired) electrons. The number of aliphatic hydroxyl groups is 1. The van der Waals surface area contributed by atoms with Crippen LogP contribution in [0.4, 0.5) is 0 Å². The maximum Gasteiger partial charge on any atom is 0.184 e. The molecule has 2 heterocycles. The molecule has 1 N–H and O–H groups in total. The molecular weight excluding hydrogens is 608 g/mol. The molecule has 4 aromatic rings. The van der Waals surface area contributed by atoms with E-state index in [2.05, 4.69) is 12.1 Å². The third-order valence-electron chi connectivity index (χ3n) is 8.80. The van der Waals surface area contributed by atoms with Crippen molar-refractivity contribution < 1.29 is 38.3 Å². The summed E-state index contributed by atoms with van der Waals surface area (Å²) >= 11 is 0. The van der Waals surface area contributed by atoms with Gasteiger partial charge in [-0.3, -0.25) is 0 Å². The molecule has 0 spiro atoms. The lowest BCUT2D eigenvalue weighted by atomic mass is 9.98. The van der Waals surface area contributed by atoms with E-state index in [9.17, 15) is 5.11 Å². The summed E-state index contributed by atoms with van der Waals surface area (Å²) < 4.78 is 44.4. The van der Waals surface area contributed by atoms with Crippen LogP contribution >= 0.6 is 0 Å². The molecule has 4 aromatic carbocycles. The Morgan fingerprint density at radius 2 is 0.958 bits per heavy atom. The van der Waals surface area contributed by atoms with E-state index in [1.165, 1.54) is 0 Å². The van der Waals surface area contributed by atoms with Crippen LogP contribution in [0.15, 0.2) is 121 Å². The van der Waals surface area contributed by atoms with Crippen molar-refractivity contribution in [1.82, 2.24) is 0 Å². The maximum absolute atomic E-state index is 11.4. The largest absolute Gasteiger partial charge is 0.371 e. The van der Waals surface area contributed by atoms with Crippen molar-refractivity contribution >= 4 is 0 Å². The molecule has 2 fully saturated rings. The second-order valence-corrected chi connectivity index (χ2v) is 12.4. The Kier molecular flexibility index (Phi) is 12.8. The first-order valence-electron chi connectivity index (χ1n) is 16.8. The van der Waals surface area contributed by atoms with Gasteiger partial charge in [-0.25, -0.2) is 0 Å². The van der Waals surface area contributed by atoms with Crippen LogP contribution < -0.4 is 0 Å². The molecule has 0 aliphatic carbocycles. The van der Waals surface area contributed by atoms with Gasteiger partial charge in [0.05, 0.1) is 45.2 Å². The van der Waals surface area contributed by atoms with Gasteiger partial charge in [0.25, 0.3) is 0 Å². The predicted molar refractivity (Wildman–Crippen MR) is 180 cm³/mol. The molecule has 2 aliphatic rings. The van der Waals surface area contributed by atoms with Gasteiger partial charge in [0.1, 0.15) is 24.4 Å². The van der Waals surface area contributed by atoms with E-state index >= 15 is 0 Å². The molecule has 48 heavy (non-hydrogen) atoms. The summed E-state index contributed by atoms with van der Waals surface area (Å²) in [6.07, 6.45) is -3.12. The predicted octanol–water partition coefficient (Wildman–Crippen LogP) is 6.59. The van der Waals surface area contributed by atoms with E-state index in [1.807, 2.05) is 116 Å². The van der Waals surface area contributed by atoms with Crippen molar-refractivity contribution in [3.05, 3.63) is 144 Å². The summed E-state index contributed by atoms with van der Waals surface area (Å²) in [5.74, 6) is 0. The Morgan fingerprint density at radius 1 is 0.521 bits per heavy atom. The highest BCUT2D eigenvalue weighted by molar-refractivity contribution is 5.16. The lowest BCUT2D eigenvalue weighted by Gasteiger charge is -2.45. The standard InChI is InChI=1S/C40H46O8/c1-29-34(42-24-30-14-6-2-7-15-30)22-23-36(47-29)43-28-35-37(44-25-31-16-8-3-9-17-31)38(45-26-32-18-10-4-11-19-32)39(40(41)48-35)46-27-33-20-12-5-13-21-33/h2-21,29,34-41H,22-28H2,1H3. The van der Waals surface area contributed by atoms with Gasteiger partial charge >= 0.3 is 0 Å². The molecule has 8 atom stereocenters. The van der Waals surface area contributed by atoms with Crippen molar-refractivity contribution in [3.63, 3.8) is 0 Å². The lowest BCUT2D eigenvalue weighted by molar-refractivity contribution is -0.325. The maximum atomic E-state index is 11.4. The minimum atomic E-state index is -1.26. The van der Waals surface area contributed by atoms with Crippen molar-refractivity contribution in [2.24, 2.45) is 0 Å². The first-order chi connectivity index (χ1) is 23.6. The van der Waals surface area contributed by atoms with Crippen molar-refractivity contribution in [2.45, 2.75) is 95.4 Å². The van der Waals surface area contributed by atoms with Crippen LogP contribution in [0.25, 0.3) is 0 Å². The molecular formula is C40H46O8. The summed E-state index contributed by atoms with van der Waals surface area (Å²) in [7, 11) is 0. The number of hydrogen-bond acceptors (Lipinski definition) is 8. The van der Waals surface area contributed by atoms with Crippen LogP contribution in [-0.2, 0) is 59.6 Å². The normalized spacial score (nSPS) is 27.5. The van der Waals surface area contributed by atoms with Crippen LogP contribution in [0.3, 0.4) is 0 Å². The number of aliphatic hydroxyl groups excluding tert-OH is 1. The summed E-state index contributed by atoms with van der Waals surface area (Å²) in [5, 5.41) is 11.4. The SMILES string of the molecule is CC1OC(OCC2OC(O)C(OCc3ccccc3)C(OCc3ccccc3)C2OCc2ccccc2)CCC1OCc1ccccc1. The number of hydrogen-bond donors (Lipinski definition) is 1. The van der Waals surface area contributed by atoms with Crippen molar-refractivity contribution in [3.8, 4) is 0 Å². The molecule has 0 aromatic heterocycles. The van der Waals surface area contributed by atoms with E-state index < -0.39 is 37.0 Å². The Balaban J connectivity index is 1.14. The van der Waals surface area contributed by atoms with Gasteiger partial charge < -0.3 is 38.3 Å². The fourth-order valence-corrected chi connectivity index (χ4v) is 6.15. The molecule has 2 aliphatic heterocycles. The second-order valence-electron chi connectivity index (χ2n) is 12.4. The molecule has 8 nitrogen and oxygen atoms in total. The summed E-state index contributed by atoms with van der Waals surface area (Å²) in [4.78, 5) is 0. The third-order valence-corrected chi connectivity index (χ3v) is 8.80. The third kappa shape index (κ3) is 9.81. The van der Waals surface area contributed by atoms with Gasteiger partial charge in [0.2, 0.25) is 0 Å². The van der Waals surface area contributed by atoms with Gasteiger partial charge in [0, 0.05) is 6.42 Å². The van der Waals surface area contributed by atoms with Crippen LogP contribution in [-0.4, -0.2) is 60.9 Å². The summed E-state index contributed by atoms with van der Waals surface area (Å²) in [5.41, 5.74) is 4.13. The highest BCUT2D eigenvalue weighted by Crippen LogP contribution is 2.31. The fourth-order valence-electron chi connectivity index (χ4n) is 6.15. The number of rotatable bonds is 15. The Labute approximate surface area is 283 Å². The van der Waals surface area contributed by atoms with Gasteiger partial charge in [-0.2, -0.15) is 0 Å². The molecule has 2 saturated heterocycles. The van der Waals surface area contributed by atoms with E-state index in [1.54, 1.807) is 0 Å². The molecule has 0 bridgehead atoms. The zero-order valence-electron chi connectivity index (χ0n) is 27.4. The highest BCUT2D eigenvalue weighted by atomic mass is 16.7. The van der Waals surface area contributed by atoms with Crippen LogP contribution in [0.2, 0.25) is 0 Å². The summed E-state index contributed by atoms with van der Waals surface area (Å²) in [6, 6.07) is 39.9. The van der Waals surface area contributed by atoms with E-state index in [0.29, 0.717) is 26.2 Å². The average Bonchev–Trinajstić information content (AvgIpc) is 3.13. The van der Waals surface area contributed by atoms with Gasteiger partial charge in [-0.15, -0.1) is 0 Å². The Morgan fingerprint density at radius 3 is 1.44 bits per heavy atom. The highest BCUT2D eigenvalue weighted by Gasteiger charge is 2.48. The minimum Gasteiger partial charge on any atom is -0.371 e. The van der Waals surface area contributed by atoms with Crippen LogP contribution in [0.5, 0.6) is 0 Å². The smallest absolute Gasteiger partial charge is 0.184 e. The molecule has 254 valence electrons. The lowest BCUT2D eigenvalue weighted by Crippen LogP contribution is -2.61. The summed E-state index contributed by atoms with van der Waals surface area (Å²) in [6.45, 7) is 3.62. The average molecular weight is 655 g/mol. The molecule has 6 rings (SSSR count). The monoisotopic (exact) mass is 654 g/mol. The minimum absolute atomic E-state index is 0.0296. The quantitative estimate of drug-likeness (QED) is 0.154. The van der Waals surface area contributed by atoms with Crippen molar-refractivity contribution in [1.29, 1.82) is 0 Å². The second kappa shape index (κ2) is 17.8. The zero-order chi connectivity index (χ0) is 33.0. The molecule has 0 saturated carbocycles. The van der Waals surface area contributed by atoms with E-state index in [0.717, 1.165) is 28.7 Å². The van der Waals surface area contributed by atoms with Crippen LogP contribution in [0.1, 0.15) is 42.0 Å². The van der Waals surface area contributed by atoms with Crippen LogP contribution in [0, 0.1) is 0 Å². The fraction of sp³-hybridized carbons (Fsp3) is 0.400. The van der Waals surface area contributed by atoms with E-state index in [4.69, 9.17) is 33.2 Å². The molecule has 8 heteroatoms.